The Labute approximate surface area is 97.9 Å². The lowest BCUT2D eigenvalue weighted by atomic mass is 9.95. The first-order chi connectivity index (χ1) is 7.43. The second-order valence-electron chi connectivity index (χ2n) is 5.24. The summed E-state index contributed by atoms with van der Waals surface area (Å²) < 4.78 is 0. The van der Waals surface area contributed by atoms with E-state index in [1.165, 1.54) is 11.3 Å². The minimum atomic E-state index is -0.738. The molecule has 0 saturated heterocycles. The maximum Gasteiger partial charge on any atom is 0.0840 e. The third kappa shape index (κ3) is 1.82. The highest BCUT2D eigenvalue weighted by atomic mass is 16.3. The van der Waals surface area contributed by atoms with Crippen LogP contribution in [0.1, 0.15) is 38.8 Å². The first kappa shape index (κ1) is 11.5. The van der Waals surface area contributed by atoms with E-state index >= 15 is 0 Å². The summed E-state index contributed by atoms with van der Waals surface area (Å²) in [6.45, 7) is 9.17. The van der Waals surface area contributed by atoms with Gasteiger partial charge in [-0.2, -0.15) is 0 Å². The standard InChI is InChI=1S/C14H21NO/c1-5-15-10(2)8-11-9-12(14(3,4)16)6-7-13(11)15/h6-7,9-10,16H,5,8H2,1-4H3. The molecule has 1 aliphatic heterocycles. The van der Waals surface area contributed by atoms with Crippen molar-refractivity contribution in [2.24, 2.45) is 0 Å². The molecule has 1 N–H and O–H groups in total. The van der Waals surface area contributed by atoms with Gasteiger partial charge in [0.05, 0.1) is 5.60 Å². The molecule has 0 fully saturated rings. The van der Waals surface area contributed by atoms with Crippen LogP contribution in [0.25, 0.3) is 0 Å². The van der Waals surface area contributed by atoms with Gasteiger partial charge in [0.25, 0.3) is 0 Å². The fourth-order valence-electron chi connectivity index (χ4n) is 2.56. The Balaban J connectivity index is 2.40. The van der Waals surface area contributed by atoms with Gasteiger partial charge in [-0.1, -0.05) is 12.1 Å². The lowest BCUT2D eigenvalue weighted by Gasteiger charge is -2.23. The van der Waals surface area contributed by atoms with E-state index in [4.69, 9.17) is 0 Å². The number of fused-ring (bicyclic) bond motifs is 1. The fraction of sp³-hybridized carbons (Fsp3) is 0.571. The van der Waals surface area contributed by atoms with Crippen LogP contribution in [0, 0.1) is 0 Å². The monoisotopic (exact) mass is 219 g/mol. The maximum absolute atomic E-state index is 10.00. The second-order valence-corrected chi connectivity index (χ2v) is 5.24. The van der Waals surface area contributed by atoms with Gasteiger partial charge in [-0.15, -0.1) is 0 Å². The van der Waals surface area contributed by atoms with Gasteiger partial charge >= 0.3 is 0 Å². The molecule has 1 aliphatic rings. The molecule has 0 aromatic heterocycles. The minimum absolute atomic E-state index is 0.581. The summed E-state index contributed by atoms with van der Waals surface area (Å²) in [4.78, 5) is 2.42. The molecule has 1 aromatic rings. The van der Waals surface area contributed by atoms with Crippen molar-refractivity contribution >= 4 is 5.69 Å². The number of nitrogens with zero attached hydrogens (tertiary/aromatic N) is 1. The molecule has 0 saturated carbocycles. The molecule has 0 bridgehead atoms. The summed E-state index contributed by atoms with van der Waals surface area (Å²) in [6.07, 6.45) is 1.09. The van der Waals surface area contributed by atoms with Gasteiger partial charge in [-0.25, -0.2) is 0 Å². The van der Waals surface area contributed by atoms with Crippen LogP contribution in [0.4, 0.5) is 5.69 Å². The molecule has 2 rings (SSSR count). The van der Waals surface area contributed by atoms with Gasteiger partial charge in [0.15, 0.2) is 0 Å². The predicted octanol–water partition coefficient (Wildman–Crippen LogP) is 2.68. The number of rotatable bonds is 2. The normalized spacial score (nSPS) is 20.1. The average Bonchev–Trinajstić information content (AvgIpc) is 2.50. The molecule has 0 amide bonds. The SMILES string of the molecule is CCN1c2ccc(C(C)(C)O)cc2CC1C. The zero-order valence-corrected chi connectivity index (χ0v) is 10.6. The highest BCUT2D eigenvalue weighted by Gasteiger charge is 2.26. The van der Waals surface area contributed by atoms with Crippen LogP contribution in [-0.2, 0) is 12.0 Å². The molecule has 0 radical (unpaired) electrons. The van der Waals surface area contributed by atoms with Crippen LogP contribution >= 0.6 is 0 Å². The number of hydrogen-bond donors (Lipinski definition) is 1. The van der Waals surface area contributed by atoms with Crippen LogP contribution in [0.2, 0.25) is 0 Å². The Morgan fingerprint density at radius 1 is 1.44 bits per heavy atom. The summed E-state index contributed by atoms with van der Waals surface area (Å²) in [7, 11) is 0. The fourth-order valence-corrected chi connectivity index (χ4v) is 2.56. The molecular weight excluding hydrogens is 198 g/mol. The Morgan fingerprint density at radius 3 is 2.69 bits per heavy atom. The van der Waals surface area contributed by atoms with Gasteiger partial charge in [0.2, 0.25) is 0 Å². The quantitative estimate of drug-likeness (QED) is 0.826. The van der Waals surface area contributed by atoms with E-state index < -0.39 is 5.60 Å². The predicted molar refractivity (Wildman–Crippen MR) is 67.9 cm³/mol. The highest BCUT2D eigenvalue weighted by Crippen LogP contribution is 2.34. The van der Waals surface area contributed by atoms with E-state index in [2.05, 4.69) is 30.9 Å². The molecular formula is C14H21NO. The molecule has 2 heteroatoms. The summed E-state index contributed by atoms with van der Waals surface area (Å²) >= 11 is 0. The average molecular weight is 219 g/mol. The Kier molecular flexibility index (Phi) is 2.70. The lowest BCUT2D eigenvalue weighted by Crippen LogP contribution is -2.28. The zero-order valence-electron chi connectivity index (χ0n) is 10.6. The van der Waals surface area contributed by atoms with E-state index in [-0.39, 0.29) is 0 Å². The second kappa shape index (κ2) is 3.77. The Bertz CT molecular complexity index is 392. The van der Waals surface area contributed by atoms with Crippen molar-refractivity contribution in [3.8, 4) is 0 Å². The van der Waals surface area contributed by atoms with Crippen molar-refractivity contribution in [3.05, 3.63) is 29.3 Å². The minimum Gasteiger partial charge on any atom is -0.386 e. The van der Waals surface area contributed by atoms with Crippen LogP contribution in [0.3, 0.4) is 0 Å². The van der Waals surface area contributed by atoms with Crippen LogP contribution < -0.4 is 4.90 Å². The van der Waals surface area contributed by atoms with Gasteiger partial charge in [0, 0.05) is 18.3 Å². The molecule has 1 heterocycles. The summed E-state index contributed by atoms with van der Waals surface area (Å²) in [6, 6.07) is 6.92. The summed E-state index contributed by atoms with van der Waals surface area (Å²) in [5.74, 6) is 0. The van der Waals surface area contributed by atoms with E-state index in [9.17, 15) is 5.11 Å². The van der Waals surface area contributed by atoms with E-state index in [0.29, 0.717) is 6.04 Å². The molecule has 1 atom stereocenters. The summed E-state index contributed by atoms with van der Waals surface area (Å²) in [5.41, 5.74) is 2.98. The molecule has 1 aromatic carbocycles. The van der Waals surface area contributed by atoms with Crippen LogP contribution in [-0.4, -0.2) is 17.7 Å². The molecule has 16 heavy (non-hydrogen) atoms. The number of likely N-dealkylation sites (N-methyl/N-ethyl adjacent to an activating group) is 1. The largest absolute Gasteiger partial charge is 0.386 e. The van der Waals surface area contributed by atoms with Gasteiger partial charge in [-0.3, -0.25) is 0 Å². The Morgan fingerprint density at radius 2 is 2.12 bits per heavy atom. The zero-order chi connectivity index (χ0) is 11.9. The molecule has 0 aliphatic carbocycles. The lowest BCUT2D eigenvalue weighted by molar-refractivity contribution is 0.0785. The van der Waals surface area contributed by atoms with Crippen molar-refractivity contribution < 1.29 is 5.11 Å². The van der Waals surface area contributed by atoms with Gasteiger partial charge in [-0.05, 0) is 51.3 Å². The molecule has 88 valence electrons. The van der Waals surface area contributed by atoms with Crippen LogP contribution in [0.15, 0.2) is 18.2 Å². The number of hydrogen-bond acceptors (Lipinski definition) is 2. The molecule has 0 spiro atoms. The smallest absolute Gasteiger partial charge is 0.0840 e. The topological polar surface area (TPSA) is 23.5 Å². The van der Waals surface area contributed by atoms with Crippen molar-refractivity contribution in [3.63, 3.8) is 0 Å². The van der Waals surface area contributed by atoms with Gasteiger partial charge in [0.1, 0.15) is 0 Å². The van der Waals surface area contributed by atoms with E-state index in [1.54, 1.807) is 0 Å². The van der Waals surface area contributed by atoms with Crippen molar-refractivity contribution in [2.45, 2.75) is 45.8 Å². The molecule has 2 nitrogen and oxygen atoms in total. The number of benzene rings is 1. The number of aliphatic hydroxyl groups is 1. The highest BCUT2D eigenvalue weighted by molar-refractivity contribution is 5.60. The van der Waals surface area contributed by atoms with Crippen molar-refractivity contribution in [1.82, 2.24) is 0 Å². The first-order valence-corrected chi connectivity index (χ1v) is 6.06. The number of anilines is 1. The third-order valence-corrected chi connectivity index (χ3v) is 3.48. The maximum atomic E-state index is 10.00. The van der Waals surface area contributed by atoms with E-state index in [0.717, 1.165) is 18.5 Å². The molecule has 1 unspecified atom stereocenters. The van der Waals surface area contributed by atoms with Crippen LogP contribution in [0.5, 0.6) is 0 Å². The Hall–Kier alpha value is -1.02. The third-order valence-electron chi connectivity index (χ3n) is 3.48. The first-order valence-electron chi connectivity index (χ1n) is 6.06. The van der Waals surface area contributed by atoms with Gasteiger partial charge < -0.3 is 10.0 Å². The van der Waals surface area contributed by atoms with E-state index in [1.807, 2.05) is 19.9 Å². The van der Waals surface area contributed by atoms with Crippen molar-refractivity contribution in [1.29, 1.82) is 0 Å². The summed E-state index contributed by atoms with van der Waals surface area (Å²) in [5, 5.41) is 10.00. The van der Waals surface area contributed by atoms with Crippen molar-refractivity contribution in [2.75, 3.05) is 11.4 Å².